The summed E-state index contributed by atoms with van der Waals surface area (Å²) < 4.78 is 0.666. The number of hydrogen-bond donors (Lipinski definition) is 3. The average molecular weight is 250 g/mol. The van der Waals surface area contributed by atoms with Gasteiger partial charge in [-0.15, -0.1) is 0 Å². The number of aromatic nitrogens is 2. The van der Waals surface area contributed by atoms with E-state index >= 15 is 0 Å². The van der Waals surface area contributed by atoms with Gasteiger partial charge in [-0.1, -0.05) is 0 Å². The fourth-order valence-electron chi connectivity index (χ4n) is 0.689. The summed E-state index contributed by atoms with van der Waals surface area (Å²) in [6.45, 7) is 0.549. The Morgan fingerprint density at radius 1 is 1.83 bits per heavy atom. The molecule has 0 aliphatic heterocycles. The third-order valence-electron chi connectivity index (χ3n) is 1.22. The zero-order valence-corrected chi connectivity index (χ0v) is 8.65. The molecule has 1 aromatic rings. The molecule has 0 radical (unpaired) electrons. The van der Waals surface area contributed by atoms with Crippen LogP contribution in [0.25, 0.3) is 0 Å². The number of aromatic amines is 1. The van der Waals surface area contributed by atoms with E-state index in [1.54, 1.807) is 0 Å². The lowest BCUT2D eigenvalue weighted by Gasteiger charge is -1.99. The molecule has 0 aliphatic carbocycles. The number of nitrogens with one attached hydrogen (secondary N) is 2. The molecule has 66 valence electrons. The fraction of sp³-hybridized carbons (Fsp3) is 0.333. The number of amides is 1. The minimum absolute atomic E-state index is 0.173. The summed E-state index contributed by atoms with van der Waals surface area (Å²) in [4.78, 5) is 11.2. The zero-order valence-electron chi connectivity index (χ0n) is 6.17. The Hall–Kier alpha value is -0.490. The number of halogens is 1. The lowest BCUT2D eigenvalue weighted by Crippen LogP contribution is -2.25. The van der Waals surface area contributed by atoms with Crippen LogP contribution in [0.1, 0.15) is 10.5 Å². The van der Waals surface area contributed by atoms with Crippen molar-refractivity contribution < 1.29 is 4.79 Å². The number of rotatable bonds is 3. The van der Waals surface area contributed by atoms with E-state index in [-0.39, 0.29) is 5.91 Å². The first-order valence-corrected chi connectivity index (χ1v) is 4.76. The first-order chi connectivity index (χ1) is 5.75. The van der Waals surface area contributed by atoms with Gasteiger partial charge in [0.2, 0.25) is 0 Å². The second kappa shape index (κ2) is 4.51. The highest BCUT2D eigenvalue weighted by Gasteiger charge is 2.10. The summed E-state index contributed by atoms with van der Waals surface area (Å²) in [5, 5.41) is 8.94. The van der Waals surface area contributed by atoms with Crippen molar-refractivity contribution in [3.8, 4) is 0 Å². The highest BCUT2D eigenvalue weighted by Crippen LogP contribution is 2.11. The Morgan fingerprint density at radius 3 is 3.08 bits per heavy atom. The number of carbonyl (C=O) groups is 1. The maximum Gasteiger partial charge on any atom is 0.270 e. The largest absolute Gasteiger partial charge is 0.350 e. The van der Waals surface area contributed by atoms with Crippen LogP contribution in [0, 0.1) is 0 Å². The van der Waals surface area contributed by atoms with Crippen molar-refractivity contribution in [2.45, 2.75) is 0 Å². The van der Waals surface area contributed by atoms with E-state index in [9.17, 15) is 4.79 Å². The minimum atomic E-state index is -0.173. The molecular weight excluding hydrogens is 242 g/mol. The van der Waals surface area contributed by atoms with Crippen molar-refractivity contribution in [2.24, 2.45) is 0 Å². The zero-order chi connectivity index (χ0) is 8.97. The molecule has 0 bridgehead atoms. The Labute approximate surface area is 83.7 Å². The topological polar surface area (TPSA) is 57.8 Å². The highest BCUT2D eigenvalue weighted by atomic mass is 79.9. The summed E-state index contributed by atoms with van der Waals surface area (Å²) in [6.07, 6.45) is 1.54. The van der Waals surface area contributed by atoms with Crippen molar-refractivity contribution in [3.63, 3.8) is 0 Å². The lowest BCUT2D eigenvalue weighted by atomic mass is 10.4. The van der Waals surface area contributed by atoms with E-state index in [4.69, 9.17) is 0 Å². The van der Waals surface area contributed by atoms with Crippen LogP contribution in [0.15, 0.2) is 10.7 Å². The van der Waals surface area contributed by atoms with Crippen LogP contribution in [0.3, 0.4) is 0 Å². The summed E-state index contributed by atoms with van der Waals surface area (Å²) in [5.74, 6) is 0.450. The van der Waals surface area contributed by atoms with Crippen LogP contribution in [-0.2, 0) is 0 Å². The molecule has 4 nitrogen and oxygen atoms in total. The van der Waals surface area contributed by atoms with E-state index in [2.05, 4.69) is 44.1 Å². The van der Waals surface area contributed by atoms with Crippen LogP contribution in [-0.4, -0.2) is 28.4 Å². The Morgan fingerprint density at radius 2 is 2.58 bits per heavy atom. The molecule has 1 rings (SSSR count). The van der Waals surface area contributed by atoms with Gasteiger partial charge in [-0.3, -0.25) is 9.89 Å². The van der Waals surface area contributed by atoms with Gasteiger partial charge in [0.05, 0.1) is 10.7 Å². The van der Waals surface area contributed by atoms with Gasteiger partial charge in [-0.05, 0) is 15.9 Å². The van der Waals surface area contributed by atoms with E-state index < -0.39 is 0 Å². The SMILES string of the molecule is O=C(NCCS)c1[nH]ncc1Br. The molecular formula is C6H8BrN3OS. The highest BCUT2D eigenvalue weighted by molar-refractivity contribution is 9.10. The molecule has 6 heteroatoms. The molecule has 0 aliphatic rings. The summed E-state index contributed by atoms with van der Waals surface area (Å²) in [7, 11) is 0. The van der Waals surface area contributed by atoms with Crippen molar-refractivity contribution >= 4 is 34.5 Å². The van der Waals surface area contributed by atoms with Gasteiger partial charge in [0.15, 0.2) is 0 Å². The first-order valence-electron chi connectivity index (χ1n) is 3.33. The van der Waals surface area contributed by atoms with Crippen molar-refractivity contribution in [2.75, 3.05) is 12.3 Å². The van der Waals surface area contributed by atoms with Gasteiger partial charge in [-0.2, -0.15) is 17.7 Å². The van der Waals surface area contributed by atoms with Crippen LogP contribution >= 0.6 is 28.6 Å². The van der Waals surface area contributed by atoms with Gasteiger partial charge in [0.25, 0.3) is 5.91 Å². The number of hydrogen-bond acceptors (Lipinski definition) is 3. The molecule has 0 saturated heterocycles. The third-order valence-corrected chi connectivity index (χ3v) is 2.04. The predicted molar refractivity (Wildman–Crippen MR) is 52.5 cm³/mol. The quantitative estimate of drug-likeness (QED) is 0.696. The van der Waals surface area contributed by atoms with E-state index in [1.165, 1.54) is 6.20 Å². The van der Waals surface area contributed by atoms with Gasteiger partial charge < -0.3 is 5.32 Å². The summed E-state index contributed by atoms with van der Waals surface area (Å²) >= 11 is 7.15. The van der Waals surface area contributed by atoms with Crippen LogP contribution in [0.5, 0.6) is 0 Å². The van der Waals surface area contributed by atoms with Gasteiger partial charge in [0.1, 0.15) is 5.69 Å². The molecule has 0 spiro atoms. The Balaban J connectivity index is 2.59. The van der Waals surface area contributed by atoms with Crippen molar-refractivity contribution in [1.82, 2.24) is 15.5 Å². The number of H-pyrrole nitrogens is 1. The Kier molecular flexibility index (Phi) is 3.61. The monoisotopic (exact) mass is 249 g/mol. The fourth-order valence-corrected chi connectivity index (χ4v) is 1.17. The van der Waals surface area contributed by atoms with Crippen LogP contribution in [0.4, 0.5) is 0 Å². The minimum Gasteiger partial charge on any atom is -0.350 e. The van der Waals surface area contributed by atoms with E-state index in [0.29, 0.717) is 22.5 Å². The Bertz CT molecular complexity index is 276. The standard InChI is InChI=1S/C6H8BrN3OS/c7-4-3-9-10-5(4)6(11)8-1-2-12/h3,12H,1-2H2,(H,8,11)(H,9,10). The van der Waals surface area contributed by atoms with Crippen molar-refractivity contribution in [1.29, 1.82) is 0 Å². The molecule has 2 N–H and O–H groups in total. The van der Waals surface area contributed by atoms with Crippen molar-refractivity contribution in [3.05, 3.63) is 16.4 Å². The first kappa shape index (κ1) is 9.60. The van der Waals surface area contributed by atoms with Gasteiger partial charge >= 0.3 is 0 Å². The molecule has 0 saturated carbocycles. The molecule has 0 fully saturated rings. The molecule has 1 amide bonds. The van der Waals surface area contributed by atoms with Crippen LogP contribution < -0.4 is 5.32 Å². The number of carbonyl (C=O) groups excluding carboxylic acids is 1. The van der Waals surface area contributed by atoms with Gasteiger partial charge in [0, 0.05) is 12.3 Å². The molecule has 0 aromatic carbocycles. The second-order valence-electron chi connectivity index (χ2n) is 2.07. The van der Waals surface area contributed by atoms with E-state index in [0.717, 1.165) is 0 Å². The normalized spacial score (nSPS) is 9.83. The molecule has 0 unspecified atom stereocenters. The summed E-state index contributed by atoms with van der Waals surface area (Å²) in [5.41, 5.74) is 0.441. The maximum absolute atomic E-state index is 11.2. The smallest absolute Gasteiger partial charge is 0.270 e. The molecule has 12 heavy (non-hydrogen) atoms. The lowest BCUT2D eigenvalue weighted by molar-refractivity contribution is 0.0950. The average Bonchev–Trinajstić information content (AvgIpc) is 2.47. The second-order valence-corrected chi connectivity index (χ2v) is 3.37. The van der Waals surface area contributed by atoms with Crippen LogP contribution in [0.2, 0.25) is 0 Å². The summed E-state index contributed by atoms with van der Waals surface area (Å²) in [6, 6.07) is 0. The molecule has 1 heterocycles. The number of nitrogens with zero attached hydrogens (tertiary/aromatic N) is 1. The predicted octanol–water partition coefficient (Wildman–Crippen LogP) is 0.832. The van der Waals surface area contributed by atoms with Gasteiger partial charge in [-0.25, -0.2) is 0 Å². The maximum atomic E-state index is 11.2. The molecule has 1 aromatic heterocycles. The molecule has 0 atom stereocenters. The number of thiol groups is 1. The van der Waals surface area contributed by atoms with E-state index in [1.807, 2.05) is 0 Å². The third kappa shape index (κ3) is 2.25.